The Morgan fingerprint density at radius 1 is 1.56 bits per heavy atom. The SMILES string of the molecule is CCCCC(=O)O.O=S. The van der Waals surface area contributed by atoms with Crippen LogP contribution in [0.25, 0.3) is 0 Å². The van der Waals surface area contributed by atoms with Gasteiger partial charge in [-0.05, 0) is 6.42 Å². The molecule has 0 rings (SSSR count). The van der Waals surface area contributed by atoms with Crippen LogP contribution in [0.15, 0.2) is 0 Å². The van der Waals surface area contributed by atoms with E-state index in [0.29, 0.717) is 6.42 Å². The van der Waals surface area contributed by atoms with E-state index < -0.39 is 5.97 Å². The summed E-state index contributed by atoms with van der Waals surface area (Å²) in [6, 6.07) is 0. The van der Waals surface area contributed by atoms with E-state index in [2.05, 4.69) is 12.5 Å². The molecule has 0 saturated heterocycles. The van der Waals surface area contributed by atoms with E-state index in [1.807, 2.05) is 6.92 Å². The highest BCUT2D eigenvalue weighted by atomic mass is 32.1. The molecule has 0 saturated carbocycles. The van der Waals surface area contributed by atoms with E-state index in [1.54, 1.807) is 0 Å². The number of carboxylic acid groups (broad SMARTS) is 1. The molecule has 0 aliphatic rings. The van der Waals surface area contributed by atoms with Crippen LogP contribution in [0.2, 0.25) is 0 Å². The molecule has 0 aliphatic carbocycles. The van der Waals surface area contributed by atoms with Crippen LogP contribution in [-0.2, 0) is 17.3 Å². The van der Waals surface area contributed by atoms with Crippen molar-refractivity contribution in [3.05, 3.63) is 0 Å². The topological polar surface area (TPSA) is 54.4 Å². The summed E-state index contributed by atoms with van der Waals surface area (Å²) in [6.07, 6.45) is 2.08. The molecule has 9 heavy (non-hydrogen) atoms. The molecule has 0 bridgehead atoms. The molecule has 0 atom stereocenters. The molecule has 0 aliphatic heterocycles. The van der Waals surface area contributed by atoms with Crippen LogP contribution in [0.3, 0.4) is 0 Å². The van der Waals surface area contributed by atoms with Crippen molar-refractivity contribution in [2.75, 3.05) is 0 Å². The van der Waals surface area contributed by atoms with E-state index in [-0.39, 0.29) is 0 Å². The van der Waals surface area contributed by atoms with Crippen LogP contribution in [0.5, 0.6) is 0 Å². The average Bonchev–Trinajstić information content (AvgIpc) is 1.88. The highest BCUT2D eigenvalue weighted by Crippen LogP contribution is 1.91. The average molecular weight is 150 g/mol. The first-order chi connectivity index (χ1) is 4.27. The fourth-order valence-corrected chi connectivity index (χ4v) is 0.328. The molecule has 0 aromatic rings. The molecule has 0 amide bonds. The van der Waals surface area contributed by atoms with Crippen molar-refractivity contribution >= 4 is 18.5 Å². The summed E-state index contributed by atoms with van der Waals surface area (Å²) in [6.45, 7) is 1.98. The molecule has 0 aromatic carbocycles. The summed E-state index contributed by atoms with van der Waals surface area (Å²) in [5, 5.41) is 8.04. The number of carboxylic acids is 1. The predicted molar refractivity (Wildman–Crippen MR) is 35.3 cm³/mol. The fourth-order valence-electron chi connectivity index (χ4n) is 0.328. The summed E-state index contributed by atoms with van der Waals surface area (Å²) in [4.78, 5) is 9.76. The number of hydrogen-bond acceptors (Lipinski definition) is 3. The Balaban J connectivity index is 0. The van der Waals surface area contributed by atoms with E-state index in [0.717, 1.165) is 12.8 Å². The van der Waals surface area contributed by atoms with Gasteiger partial charge in [-0.25, -0.2) is 0 Å². The molecule has 0 spiro atoms. The van der Waals surface area contributed by atoms with Crippen LogP contribution in [0.4, 0.5) is 0 Å². The summed E-state index contributed by atoms with van der Waals surface area (Å²) < 4.78 is 7.83. The number of unbranched alkanes of at least 4 members (excludes halogenated alkanes) is 1. The zero-order valence-corrected chi connectivity index (χ0v) is 6.11. The normalized spacial score (nSPS) is 7.22. The second kappa shape index (κ2) is 10.5. The Labute approximate surface area is 59.6 Å². The minimum absolute atomic E-state index is 0.316. The lowest BCUT2D eigenvalue weighted by molar-refractivity contribution is -0.137. The molecular weight excluding hydrogens is 140 g/mol. The maximum Gasteiger partial charge on any atom is 0.303 e. The van der Waals surface area contributed by atoms with Crippen molar-refractivity contribution in [3.8, 4) is 0 Å². The number of rotatable bonds is 3. The molecular formula is C5H10O3S. The van der Waals surface area contributed by atoms with Gasteiger partial charge in [0.05, 0.1) is 0 Å². The zero-order chi connectivity index (χ0) is 7.70. The maximum atomic E-state index is 9.76. The molecule has 0 aromatic heterocycles. The number of aliphatic carboxylic acids is 1. The molecule has 54 valence electrons. The van der Waals surface area contributed by atoms with Crippen molar-refractivity contribution in [3.63, 3.8) is 0 Å². The highest BCUT2D eigenvalue weighted by molar-refractivity contribution is 7.44. The summed E-state index contributed by atoms with van der Waals surface area (Å²) in [5.41, 5.74) is 0. The lowest BCUT2D eigenvalue weighted by Crippen LogP contribution is -1.91. The van der Waals surface area contributed by atoms with Crippen molar-refractivity contribution < 1.29 is 14.1 Å². The Morgan fingerprint density at radius 2 is 2.00 bits per heavy atom. The smallest absolute Gasteiger partial charge is 0.303 e. The van der Waals surface area contributed by atoms with Crippen molar-refractivity contribution in [2.45, 2.75) is 26.2 Å². The van der Waals surface area contributed by atoms with E-state index in [9.17, 15) is 4.79 Å². The van der Waals surface area contributed by atoms with Gasteiger partial charge in [-0.15, -0.1) is 0 Å². The molecule has 0 heterocycles. The lowest BCUT2D eigenvalue weighted by Gasteiger charge is -1.85. The minimum Gasteiger partial charge on any atom is -0.481 e. The third-order valence-corrected chi connectivity index (χ3v) is 0.744. The van der Waals surface area contributed by atoms with Gasteiger partial charge < -0.3 is 5.11 Å². The first-order valence-corrected chi connectivity index (χ1v) is 2.99. The van der Waals surface area contributed by atoms with Crippen molar-refractivity contribution in [1.82, 2.24) is 0 Å². The van der Waals surface area contributed by atoms with Crippen LogP contribution in [-0.4, -0.2) is 15.3 Å². The third kappa shape index (κ3) is 18.5. The Hall–Kier alpha value is -0.510. The van der Waals surface area contributed by atoms with Gasteiger partial charge in [0.15, 0.2) is 12.5 Å². The molecule has 0 unspecified atom stereocenters. The standard InChI is InChI=1S/C5H10O2.OS/c1-2-3-4-5(6)7;1-2/h2-4H2,1H3,(H,6,7);. The van der Waals surface area contributed by atoms with Crippen LogP contribution in [0, 0.1) is 0 Å². The van der Waals surface area contributed by atoms with Gasteiger partial charge in [-0.3, -0.25) is 4.79 Å². The van der Waals surface area contributed by atoms with Crippen LogP contribution >= 0.6 is 0 Å². The monoisotopic (exact) mass is 150 g/mol. The fraction of sp³-hybridized carbons (Fsp3) is 0.800. The minimum atomic E-state index is -0.693. The van der Waals surface area contributed by atoms with Crippen LogP contribution in [0.1, 0.15) is 26.2 Å². The third-order valence-electron chi connectivity index (χ3n) is 0.744. The predicted octanol–water partition coefficient (Wildman–Crippen LogP) is 0.925. The molecule has 0 radical (unpaired) electrons. The van der Waals surface area contributed by atoms with E-state index in [1.165, 1.54) is 0 Å². The van der Waals surface area contributed by atoms with Crippen molar-refractivity contribution in [2.24, 2.45) is 0 Å². The second-order valence-electron chi connectivity index (χ2n) is 1.50. The van der Waals surface area contributed by atoms with Gasteiger partial charge in [-0.1, -0.05) is 13.3 Å². The number of carbonyl (C=O) groups is 1. The van der Waals surface area contributed by atoms with Crippen molar-refractivity contribution in [1.29, 1.82) is 0 Å². The van der Waals surface area contributed by atoms with Gasteiger partial charge in [-0.2, -0.15) is 4.21 Å². The zero-order valence-electron chi connectivity index (χ0n) is 5.29. The quantitative estimate of drug-likeness (QED) is 0.650. The van der Waals surface area contributed by atoms with Crippen LogP contribution < -0.4 is 0 Å². The molecule has 4 heteroatoms. The van der Waals surface area contributed by atoms with Gasteiger partial charge in [0.25, 0.3) is 0 Å². The van der Waals surface area contributed by atoms with Gasteiger partial charge >= 0.3 is 5.97 Å². The summed E-state index contributed by atoms with van der Waals surface area (Å²) in [7, 11) is 0. The second-order valence-corrected chi connectivity index (χ2v) is 1.50. The summed E-state index contributed by atoms with van der Waals surface area (Å²) >= 11 is 2.83. The van der Waals surface area contributed by atoms with Gasteiger partial charge in [0.1, 0.15) is 0 Å². The van der Waals surface area contributed by atoms with E-state index in [4.69, 9.17) is 9.32 Å². The molecule has 0 fully saturated rings. The molecule has 3 nitrogen and oxygen atoms in total. The largest absolute Gasteiger partial charge is 0.481 e. The Bertz CT molecular complexity index is 74.6. The maximum absolute atomic E-state index is 9.76. The molecule has 1 N–H and O–H groups in total. The van der Waals surface area contributed by atoms with Gasteiger partial charge in [0.2, 0.25) is 0 Å². The lowest BCUT2D eigenvalue weighted by atomic mass is 10.3. The van der Waals surface area contributed by atoms with Gasteiger partial charge in [0, 0.05) is 6.42 Å². The Morgan fingerprint density at radius 3 is 2.11 bits per heavy atom. The highest BCUT2D eigenvalue weighted by Gasteiger charge is 1.90. The Kier molecular flexibility index (Phi) is 13.2. The van der Waals surface area contributed by atoms with E-state index >= 15 is 0 Å². The first kappa shape index (κ1) is 11.3. The summed E-state index contributed by atoms with van der Waals surface area (Å²) in [5.74, 6) is -0.693. The first-order valence-electron chi connectivity index (χ1n) is 2.66. The number of hydrogen-bond donors (Lipinski definition) is 1.